The molecule has 0 aromatic heterocycles. The topological polar surface area (TPSA) is 37.3 Å². The van der Waals surface area contributed by atoms with Gasteiger partial charge < -0.3 is 5.11 Å². The van der Waals surface area contributed by atoms with Gasteiger partial charge in [0.05, 0.1) is 5.60 Å². The number of rotatable bonds is 5. The van der Waals surface area contributed by atoms with Crippen molar-refractivity contribution < 1.29 is 9.90 Å². The van der Waals surface area contributed by atoms with Crippen LogP contribution in [0, 0.1) is 29.1 Å². The molecule has 4 heteroatoms. The third-order valence-corrected chi connectivity index (χ3v) is 12.2. The van der Waals surface area contributed by atoms with Gasteiger partial charge in [-0.15, -0.1) is 23.5 Å². The number of hydrogen-bond acceptors (Lipinski definition) is 4. The van der Waals surface area contributed by atoms with E-state index < -0.39 is 5.60 Å². The molecule has 0 spiro atoms. The zero-order chi connectivity index (χ0) is 28.6. The van der Waals surface area contributed by atoms with E-state index in [1.54, 1.807) is 29.1 Å². The number of hydrogen-bond donors (Lipinski definition) is 1. The minimum Gasteiger partial charge on any atom is -0.388 e. The smallest absolute Gasteiger partial charge is 0.156 e. The molecule has 0 radical (unpaired) electrons. The Bertz CT molecular complexity index is 1470. The lowest BCUT2D eigenvalue weighted by Gasteiger charge is -2.55. The third-order valence-electron chi connectivity index (χ3n) is 10.4. The molecule has 0 amide bonds. The summed E-state index contributed by atoms with van der Waals surface area (Å²) in [6.45, 7) is 4.43. The number of ketones is 1. The Labute approximate surface area is 254 Å². The molecule has 4 aliphatic rings. The molecule has 2 fully saturated rings. The molecular weight excluding hydrogens is 541 g/mol. The van der Waals surface area contributed by atoms with Crippen molar-refractivity contribution in [3.05, 3.63) is 99.5 Å². The van der Waals surface area contributed by atoms with Crippen molar-refractivity contribution in [3.63, 3.8) is 0 Å². The van der Waals surface area contributed by atoms with Gasteiger partial charge in [-0.25, -0.2) is 0 Å². The van der Waals surface area contributed by atoms with E-state index in [2.05, 4.69) is 85.0 Å². The second kappa shape index (κ2) is 11.7. The highest BCUT2D eigenvalue weighted by Crippen LogP contribution is 2.67. The first-order chi connectivity index (χ1) is 19.8. The standard InChI is InChI=1S/C37H40O2S2/c1-4-21-41-24-37(39)20-19-34-32-17-13-28-22-29(38)14-18-31(28)35(32)33(23-36(34,37)2)27-11-7-25(8-12-27)5-6-26-9-15-30(40-3)16-10-26/h4,7-12,15-16,21-22,32-34,39H,13-14,17-20,23-24H2,1-3H3. The van der Waals surface area contributed by atoms with E-state index in [9.17, 15) is 9.90 Å². The van der Waals surface area contributed by atoms with Crippen molar-refractivity contribution in [1.82, 2.24) is 0 Å². The summed E-state index contributed by atoms with van der Waals surface area (Å²) in [7, 11) is 0. The zero-order valence-corrected chi connectivity index (χ0v) is 26.0. The fraction of sp³-hybridized carbons (Fsp3) is 0.432. The van der Waals surface area contributed by atoms with Gasteiger partial charge in [-0.2, -0.15) is 0 Å². The molecule has 0 aliphatic heterocycles. The van der Waals surface area contributed by atoms with Crippen LogP contribution in [0.1, 0.15) is 81.4 Å². The van der Waals surface area contributed by atoms with Crippen molar-refractivity contribution in [3.8, 4) is 11.8 Å². The second-order valence-corrected chi connectivity index (χ2v) is 14.2. The summed E-state index contributed by atoms with van der Waals surface area (Å²) in [5.74, 6) is 8.92. The maximum atomic E-state index is 12.4. The Morgan fingerprint density at radius 3 is 2.39 bits per heavy atom. The maximum absolute atomic E-state index is 12.4. The molecule has 2 saturated carbocycles. The summed E-state index contributed by atoms with van der Waals surface area (Å²) in [5.41, 5.74) is 6.87. The van der Waals surface area contributed by atoms with Crippen LogP contribution in [0.4, 0.5) is 0 Å². The Hall–Kier alpha value is -2.45. The summed E-state index contributed by atoms with van der Waals surface area (Å²) >= 11 is 3.49. The van der Waals surface area contributed by atoms with Crippen LogP contribution in [0.3, 0.4) is 0 Å². The van der Waals surface area contributed by atoms with Gasteiger partial charge in [0.2, 0.25) is 0 Å². The number of benzene rings is 2. The quantitative estimate of drug-likeness (QED) is 0.284. The van der Waals surface area contributed by atoms with Gasteiger partial charge in [0, 0.05) is 39.5 Å². The van der Waals surface area contributed by atoms with Crippen LogP contribution in [0.15, 0.2) is 87.7 Å². The first-order valence-electron chi connectivity index (χ1n) is 15.0. The molecule has 5 unspecified atom stereocenters. The minimum atomic E-state index is -0.674. The van der Waals surface area contributed by atoms with E-state index in [1.165, 1.54) is 21.6 Å². The summed E-state index contributed by atoms with van der Waals surface area (Å²) in [4.78, 5) is 13.6. The molecule has 0 saturated heterocycles. The summed E-state index contributed by atoms with van der Waals surface area (Å²) in [6, 6.07) is 17.3. The van der Waals surface area contributed by atoms with Crippen molar-refractivity contribution in [2.24, 2.45) is 17.3 Å². The van der Waals surface area contributed by atoms with E-state index in [0.717, 1.165) is 55.4 Å². The fourth-order valence-electron chi connectivity index (χ4n) is 8.19. The Morgan fingerprint density at radius 2 is 1.71 bits per heavy atom. The van der Waals surface area contributed by atoms with E-state index in [0.29, 0.717) is 18.3 Å². The van der Waals surface area contributed by atoms with Gasteiger partial charge in [0.1, 0.15) is 0 Å². The average Bonchev–Trinajstić information content (AvgIpc) is 3.26. The first kappa shape index (κ1) is 28.7. The predicted molar refractivity (Wildman–Crippen MR) is 173 cm³/mol. The number of fused-ring (bicyclic) bond motifs is 4. The van der Waals surface area contributed by atoms with Gasteiger partial charge in [0.15, 0.2) is 5.78 Å². The highest BCUT2D eigenvalue weighted by Gasteiger charge is 2.62. The molecule has 2 aromatic rings. The van der Waals surface area contributed by atoms with E-state index in [1.807, 2.05) is 13.0 Å². The van der Waals surface area contributed by atoms with Crippen molar-refractivity contribution in [2.75, 3.05) is 12.0 Å². The summed E-state index contributed by atoms with van der Waals surface area (Å²) in [6.07, 6.45) is 12.6. The molecule has 0 bridgehead atoms. The SMILES string of the molecule is CC=CSCC1(O)CCC2C3CCC4=CC(=O)CCC4=C3C(c3ccc(C#Cc4ccc(SC)cc4)cc3)CC21C. The lowest BCUT2D eigenvalue weighted by atomic mass is 9.51. The summed E-state index contributed by atoms with van der Waals surface area (Å²) < 4.78 is 0. The predicted octanol–water partition coefficient (Wildman–Crippen LogP) is 8.71. The third kappa shape index (κ3) is 5.31. The monoisotopic (exact) mass is 580 g/mol. The molecule has 2 aromatic carbocycles. The Kier molecular flexibility index (Phi) is 8.16. The van der Waals surface area contributed by atoms with Crippen LogP contribution < -0.4 is 0 Å². The molecule has 6 rings (SSSR count). The molecule has 2 nitrogen and oxygen atoms in total. The second-order valence-electron chi connectivity index (χ2n) is 12.4. The molecule has 5 atom stereocenters. The molecular formula is C37H40O2S2. The normalized spacial score (nSPS) is 30.8. The lowest BCUT2D eigenvalue weighted by Crippen LogP contribution is -2.52. The van der Waals surface area contributed by atoms with Crippen LogP contribution in [0.25, 0.3) is 0 Å². The molecule has 4 aliphatic carbocycles. The van der Waals surface area contributed by atoms with Gasteiger partial charge in [-0.1, -0.05) is 42.5 Å². The molecule has 1 N–H and O–H groups in total. The largest absolute Gasteiger partial charge is 0.388 e. The number of aliphatic hydroxyl groups is 1. The lowest BCUT2D eigenvalue weighted by molar-refractivity contribution is -0.114. The van der Waals surface area contributed by atoms with Crippen LogP contribution in [-0.2, 0) is 4.79 Å². The van der Waals surface area contributed by atoms with E-state index in [4.69, 9.17) is 0 Å². The summed E-state index contributed by atoms with van der Waals surface area (Å²) in [5, 5.41) is 14.3. The van der Waals surface area contributed by atoms with Crippen LogP contribution >= 0.6 is 23.5 Å². The number of thioether (sulfide) groups is 2. The molecule has 0 heterocycles. The van der Waals surface area contributed by atoms with Crippen molar-refractivity contribution in [1.29, 1.82) is 0 Å². The van der Waals surface area contributed by atoms with Gasteiger partial charge in [-0.05, 0) is 128 Å². The fourth-order valence-corrected chi connectivity index (χ4v) is 9.64. The van der Waals surface area contributed by atoms with Crippen molar-refractivity contribution >= 4 is 29.3 Å². The zero-order valence-electron chi connectivity index (χ0n) is 24.4. The number of carbonyl (C=O) groups is 1. The Morgan fingerprint density at radius 1 is 1.00 bits per heavy atom. The molecule has 212 valence electrons. The van der Waals surface area contributed by atoms with E-state index in [-0.39, 0.29) is 17.1 Å². The van der Waals surface area contributed by atoms with Crippen molar-refractivity contribution in [2.45, 2.75) is 75.2 Å². The maximum Gasteiger partial charge on any atom is 0.156 e. The number of allylic oxidation sites excluding steroid dienone is 5. The Balaban J connectivity index is 1.36. The minimum absolute atomic E-state index is 0.145. The van der Waals surface area contributed by atoms with Crippen LogP contribution in [0.5, 0.6) is 0 Å². The van der Waals surface area contributed by atoms with E-state index >= 15 is 0 Å². The average molecular weight is 581 g/mol. The molecule has 41 heavy (non-hydrogen) atoms. The first-order valence-corrected chi connectivity index (χ1v) is 17.3. The van der Waals surface area contributed by atoms with Crippen LogP contribution in [-0.4, -0.2) is 28.5 Å². The highest BCUT2D eigenvalue weighted by molar-refractivity contribution is 8.02. The van der Waals surface area contributed by atoms with Gasteiger partial charge >= 0.3 is 0 Å². The van der Waals surface area contributed by atoms with Gasteiger partial charge in [0.25, 0.3) is 0 Å². The highest BCUT2D eigenvalue weighted by atomic mass is 32.2. The number of carbonyl (C=O) groups excluding carboxylic acids is 1. The van der Waals surface area contributed by atoms with Gasteiger partial charge in [-0.3, -0.25) is 4.79 Å². The van der Waals surface area contributed by atoms with Crippen LogP contribution in [0.2, 0.25) is 0 Å².